The van der Waals surface area contributed by atoms with Crippen LogP contribution >= 0.6 is 12.4 Å². The number of nitrogens with zero attached hydrogens (tertiary/aromatic N) is 3. The second kappa shape index (κ2) is 12.1. The Morgan fingerprint density at radius 3 is 2.40 bits per heavy atom. The number of Topliss-reactive ketones (excluding diaryl/α,β-unsaturated/α-hetero) is 1. The van der Waals surface area contributed by atoms with Crippen LogP contribution in [0.1, 0.15) is 73.2 Å². The van der Waals surface area contributed by atoms with Crippen LogP contribution in [-0.4, -0.2) is 63.7 Å². The highest BCUT2D eigenvalue weighted by atomic mass is 35.5. The summed E-state index contributed by atoms with van der Waals surface area (Å²) in [5, 5.41) is 2.63. The van der Waals surface area contributed by atoms with E-state index in [0.29, 0.717) is 13.0 Å². The quantitative estimate of drug-likeness (QED) is 0.358. The third kappa shape index (κ3) is 7.74. The van der Waals surface area contributed by atoms with E-state index in [1.807, 2.05) is 0 Å². The number of aromatic nitrogens is 2. The van der Waals surface area contributed by atoms with Gasteiger partial charge in [-0.1, -0.05) is 12.1 Å². The topological polar surface area (TPSA) is 67.2 Å². The van der Waals surface area contributed by atoms with Crippen LogP contribution in [-0.2, 0) is 11.0 Å². The number of benzene rings is 1. The van der Waals surface area contributed by atoms with Gasteiger partial charge in [0.2, 0.25) is 5.92 Å². The van der Waals surface area contributed by atoms with Gasteiger partial charge in [0.1, 0.15) is 17.3 Å². The van der Waals surface area contributed by atoms with Crippen LogP contribution in [0, 0.1) is 0 Å². The molecule has 2 aliphatic rings. The largest absolute Gasteiger partial charge is 0.418 e. The molecule has 1 saturated heterocycles. The fourth-order valence-electron chi connectivity index (χ4n) is 5.16. The number of halogens is 8. The molecule has 2 aromatic rings. The predicted molar refractivity (Wildman–Crippen MR) is 135 cm³/mol. The highest BCUT2D eigenvalue weighted by Gasteiger charge is 2.48. The molecule has 0 unspecified atom stereocenters. The van der Waals surface area contributed by atoms with E-state index in [9.17, 15) is 40.3 Å². The lowest BCUT2D eigenvalue weighted by molar-refractivity contribution is -0.137. The van der Waals surface area contributed by atoms with Gasteiger partial charge in [0, 0.05) is 50.4 Å². The Labute approximate surface area is 232 Å². The molecule has 0 bridgehead atoms. The van der Waals surface area contributed by atoms with Crippen LogP contribution in [0.3, 0.4) is 0 Å². The maximum absolute atomic E-state index is 13.8. The first-order valence-corrected chi connectivity index (χ1v) is 12.7. The molecule has 6 nitrogen and oxygen atoms in total. The summed E-state index contributed by atoms with van der Waals surface area (Å²) in [5.41, 5.74) is -1.67. The average Bonchev–Trinajstić information content (AvgIpc) is 3.25. The van der Waals surface area contributed by atoms with Crippen LogP contribution in [0.5, 0.6) is 0 Å². The maximum Gasteiger partial charge on any atom is 0.418 e. The Morgan fingerprint density at radius 2 is 1.80 bits per heavy atom. The molecule has 1 saturated carbocycles. The van der Waals surface area contributed by atoms with Crippen molar-refractivity contribution in [3.05, 3.63) is 47.5 Å². The molecule has 40 heavy (non-hydrogen) atoms. The van der Waals surface area contributed by atoms with E-state index in [-0.39, 0.29) is 61.2 Å². The highest BCUT2D eigenvalue weighted by Crippen LogP contribution is 2.48. The van der Waals surface area contributed by atoms with Crippen molar-refractivity contribution in [2.45, 2.75) is 75.4 Å². The van der Waals surface area contributed by atoms with E-state index in [1.54, 1.807) is 4.90 Å². The summed E-state index contributed by atoms with van der Waals surface area (Å²) < 4.78 is 97.0. The normalized spacial score (nSPS) is 19.8. The summed E-state index contributed by atoms with van der Waals surface area (Å²) in [6, 6.07) is 3.82. The fraction of sp³-hybridized carbons (Fsp3) is 0.577. The predicted octanol–water partition coefficient (Wildman–Crippen LogP) is 6.02. The summed E-state index contributed by atoms with van der Waals surface area (Å²) in [7, 11) is 0. The van der Waals surface area contributed by atoms with Crippen LogP contribution in [0.25, 0.3) is 5.69 Å². The van der Waals surface area contributed by atoms with Gasteiger partial charge in [0.25, 0.3) is 11.8 Å². The number of para-hydroxylation sites is 1. The van der Waals surface area contributed by atoms with Crippen molar-refractivity contribution in [2.75, 3.05) is 19.6 Å². The summed E-state index contributed by atoms with van der Waals surface area (Å²) in [6.07, 6.45) is -4.71. The van der Waals surface area contributed by atoms with Crippen molar-refractivity contribution in [2.24, 2.45) is 0 Å². The van der Waals surface area contributed by atoms with Crippen LogP contribution in [0.4, 0.5) is 30.7 Å². The average molecular weight is 599 g/mol. The molecule has 1 aromatic heterocycles. The lowest BCUT2D eigenvalue weighted by Crippen LogP contribution is -2.45. The molecule has 14 heteroatoms. The molecule has 1 N–H and O–H groups in total. The van der Waals surface area contributed by atoms with Gasteiger partial charge in [-0.05, 0) is 38.4 Å². The summed E-state index contributed by atoms with van der Waals surface area (Å²) in [5.74, 6) is -7.82. The SMILES string of the molecule is CC(=O)C[C@H](CCN1CCCC(F)(F)C1)NC(=O)c1cn(-c2ccccc2C(F)(F)F)c(C2CC(F)(F)C2)n1.Cl. The van der Waals surface area contributed by atoms with Crippen molar-refractivity contribution >= 4 is 24.1 Å². The van der Waals surface area contributed by atoms with Gasteiger partial charge < -0.3 is 9.88 Å². The standard InChI is InChI=1S/C26H29F7N4O2.ClH/c1-16(38)11-18(7-10-36-9-4-8-24(27,28)15-36)34-23(39)20-14-37(22(35-20)17-12-25(29,30)13-17)21-6-3-2-5-19(21)26(31,32)33;/h2-3,5-6,14,17-18H,4,7-13,15H2,1H3,(H,34,39);1H/t18-;/m0./s1. The lowest BCUT2D eigenvalue weighted by atomic mass is 9.80. The van der Waals surface area contributed by atoms with Crippen molar-refractivity contribution in [1.29, 1.82) is 0 Å². The second-order valence-electron chi connectivity index (χ2n) is 10.4. The molecule has 1 aliphatic carbocycles. The first-order chi connectivity index (χ1) is 18.1. The zero-order valence-electron chi connectivity index (χ0n) is 21.6. The summed E-state index contributed by atoms with van der Waals surface area (Å²) in [6.45, 7) is 1.54. The number of hydrogen-bond acceptors (Lipinski definition) is 4. The minimum absolute atomic E-state index is 0. The molecule has 1 amide bonds. The molecule has 0 radical (unpaired) electrons. The number of rotatable bonds is 9. The number of nitrogens with one attached hydrogen (secondary N) is 1. The number of hydrogen-bond donors (Lipinski definition) is 1. The number of piperidine rings is 1. The van der Waals surface area contributed by atoms with Crippen molar-refractivity contribution < 1.29 is 40.3 Å². The van der Waals surface area contributed by atoms with Gasteiger partial charge in [-0.2, -0.15) is 13.2 Å². The molecule has 0 spiro atoms. The van der Waals surface area contributed by atoms with Gasteiger partial charge in [-0.3, -0.25) is 14.5 Å². The molecule has 1 aliphatic heterocycles. The molecule has 1 atom stereocenters. The summed E-state index contributed by atoms with van der Waals surface area (Å²) >= 11 is 0. The van der Waals surface area contributed by atoms with E-state index in [4.69, 9.17) is 0 Å². The maximum atomic E-state index is 13.8. The zero-order chi connectivity index (χ0) is 28.6. The molecule has 1 aromatic carbocycles. The zero-order valence-corrected chi connectivity index (χ0v) is 22.4. The van der Waals surface area contributed by atoms with E-state index < -0.39 is 60.8 Å². The number of likely N-dealkylation sites (tertiary alicyclic amines) is 1. The monoisotopic (exact) mass is 598 g/mol. The van der Waals surface area contributed by atoms with Crippen LogP contribution in [0.15, 0.2) is 30.5 Å². The number of carbonyl (C=O) groups is 2. The van der Waals surface area contributed by atoms with Crippen LogP contribution in [0.2, 0.25) is 0 Å². The molecule has 2 heterocycles. The highest BCUT2D eigenvalue weighted by molar-refractivity contribution is 5.93. The first-order valence-electron chi connectivity index (χ1n) is 12.7. The van der Waals surface area contributed by atoms with E-state index >= 15 is 0 Å². The van der Waals surface area contributed by atoms with Gasteiger partial charge in [-0.25, -0.2) is 22.5 Å². The number of ketones is 1. The minimum Gasteiger partial charge on any atom is -0.347 e. The lowest BCUT2D eigenvalue weighted by Gasteiger charge is -2.34. The van der Waals surface area contributed by atoms with Crippen molar-refractivity contribution in [3.8, 4) is 5.69 Å². The summed E-state index contributed by atoms with van der Waals surface area (Å²) in [4.78, 5) is 30.6. The van der Waals surface area contributed by atoms with Gasteiger partial charge in [-0.15, -0.1) is 12.4 Å². The Bertz CT molecular complexity index is 1210. The first kappa shape index (κ1) is 31.9. The van der Waals surface area contributed by atoms with Crippen molar-refractivity contribution in [3.63, 3.8) is 0 Å². The Hall–Kier alpha value is -2.67. The second-order valence-corrected chi connectivity index (χ2v) is 10.4. The Balaban J connectivity index is 0.00000441. The molecule has 4 rings (SSSR count). The Kier molecular flexibility index (Phi) is 9.60. The Morgan fingerprint density at radius 1 is 1.12 bits per heavy atom. The number of imidazole rings is 1. The molecular weight excluding hydrogens is 569 g/mol. The van der Waals surface area contributed by atoms with Crippen molar-refractivity contribution in [1.82, 2.24) is 19.8 Å². The molecule has 222 valence electrons. The van der Waals surface area contributed by atoms with Gasteiger partial charge in [0.05, 0.1) is 17.8 Å². The minimum atomic E-state index is -4.75. The number of carbonyl (C=O) groups excluding carboxylic acids is 2. The van der Waals surface area contributed by atoms with Gasteiger partial charge in [0.15, 0.2) is 0 Å². The smallest absolute Gasteiger partial charge is 0.347 e. The van der Waals surface area contributed by atoms with Crippen LogP contribution < -0.4 is 5.32 Å². The molecular formula is C26H30ClF7N4O2. The van der Waals surface area contributed by atoms with E-state index in [2.05, 4.69) is 10.3 Å². The molecule has 2 fully saturated rings. The number of alkyl halides is 7. The fourth-order valence-corrected chi connectivity index (χ4v) is 5.16. The van der Waals surface area contributed by atoms with E-state index in [1.165, 1.54) is 25.1 Å². The van der Waals surface area contributed by atoms with Gasteiger partial charge >= 0.3 is 6.18 Å². The third-order valence-corrected chi connectivity index (χ3v) is 7.02. The number of amides is 1. The van der Waals surface area contributed by atoms with E-state index in [0.717, 1.165) is 16.8 Å². The third-order valence-electron chi connectivity index (χ3n) is 7.02.